The van der Waals surface area contributed by atoms with Crippen molar-refractivity contribution >= 4 is 17.5 Å². The van der Waals surface area contributed by atoms with Crippen LogP contribution in [0.5, 0.6) is 0 Å². The van der Waals surface area contributed by atoms with Crippen LogP contribution in [0, 0.1) is 5.92 Å². The SMILES string of the molecule is C[C@@H]1CCc2noc(C3CCN(C(=O)c4ccc(Cn5cc(Cl)cn5)o4)CC3)c2C1. The number of furan rings is 1. The Morgan fingerprint density at radius 3 is 2.87 bits per heavy atom. The molecule has 0 spiro atoms. The van der Waals surface area contributed by atoms with Crippen LogP contribution in [-0.2, 0) is 19.4 Å². The number of rotatable bonds is 4. The predicted molar refractivity (Wildman–Crippen MR) is 111 cm³/mol. The third-order valence-electron chi connectivity index (χ3n) is 6.27. The molecule has 0 bridgehead atoms. The van der Waals surface area contributed by atoms with Gasteiger partial charge in [0.25, 0.3) is 5.91 Å². The van der Waals surface area contributed by atoms with Gasteiger partial charge in [-0.15, -0.1) is 0 Å². The molecule has 0 N–H and O–H groups in total. The lowest BCUT2D eigenvalue weighted by atomic mass is 9.83. The average molecular weight is 429 g/mol. The molecule has 1 atom stereocenters. The van der Waals surface area contributed by atoms with Gasteiger partial charge in [0, 0.05) is 30.8 Å². The van der Waals surface area contributed by atoms with Crippen molar-refractivity contribution in [2.24, 2.45) is 5.92 Å². The number of fused-ring (bicyclic) bond motifs is 1. The lowest BCUT2D eigenvalue weighted by Gasteiger charge is -2.31. The Hall–Kier alpha value is -2.54. The highest BCUT2D eigenvalue weighted by atomic mass is 35.5. The van der Waals surface area contributed by atoms with Gasteiger partial charge in [0.2, 0.25) is 0 Å². The summed E-state index contributed by atoms with van der Waals surface area (Å²) in [6.07, 6.45) is 8.34. The van der Waals surface area contributed by atoms with Gasteiger partial charge in [-0.05, 0) is 50.2 Å². The largest absolute Gasteiger partial charge is 0.454 e. The van der Waals surface area contributed by atoms with Crippen LogP contribution >= 0.6 is 11.6 Å². The Labute approximate surface area is 180 Å². The van der Waals surface area contributed by atoms with E-state index >= 15 is 0 Å². The van der Waals surface area contributed by atoms with E-state index in [1.165, 1.54) is 12.0 Å². The summed E-state index contributed by atoms with van der Waals surface area (Å²) in [6.45, 7) is 4.12. The third kappa shape index (κ3) is 3.78. The van der Waals surface area contributed by atoms with E-state index in [1.54, 1.807) is 23.1 Å². The Morgan fingerprint density at radius 2 is 2.10 bits per heavy atom. The lowest BCUT2D eigenvalue weighted by Crippen LogP contribution is -2.37. The number of piperidine rings is 1. The molecule has 2 aliphatic rings. The van der Waals surface area contributed by atoms with Crippen molar-refractivity contribution in [3.8, 4) is 0 Å². The number of amides is 1. The van der Waals surface area contributed by atoms with Crippen molar-refractivity contribution in [2.45, 2.75) is 51.5 Å². The van der Waals surface area contributed by atoms with Gasteiger partial charge >= 0.3 is 0 Å². The van der Waals surface area contributed by atoms with Crippen LogP contribution in [0.25, 0.3) is 0 Å². The highest BCUT2D eigenvalue weighted by Crippen LogP contribution is 2.36. The summed E-state index contributed by atoms with van der Waals surface area (Å²) < 4.78 is 13.2. The summed E-state index contributed by atoms with van der Waals surface area (Å²) >= 11 is 5.89. The first-order chi connectivity index (χ1) is 14.6. The Bertz CT molecular complexity index is 1040. The van der Waals surface area contributed by atoms with E-state index in [0.717, 1.165) is 37.1 Å². The van der Waals surface area contributed by atoms with E-state index in [9.17, 15) is 4.79 Å². The number of halogens is 1. The smallest absolute Gasteiger partial charge is 0.289 e. The van der Waals surface area contributed by atoms with Crippen molar-refractivity contribution in [1.82, 2.24) is 19.8 Å². The molecular formula is C22H25ClN4O3. The molecule has 3 aromatic heterocycles. The number of carbonyl (C=O) groups excluding carboxylic acids is 1. The van der Waals surface area contributed by atoms with Crippen molar-refractivity contribution in [2.75, 3.05) is 13.1 Å². The zero-order valence-corrected chi connectivity index (χ0v) is 17.8. The second kappa shape index (κ2) is 7.95. The van der Waals surface area contributed by atoms with E-state index < -0.39 is 0 Å². The maximum Gasteiger partial charge on any atom is 0.289 e. The predicted octanol–water partition coefficient (Wildman–Crippen LogP) is 4.31. The van der Waals surface area contributed by atoms with Gasteiger partial charge in [0.15, 0.2) is 5.76 Å². The van der Waals surface area contributed by atoms with Crippen molar-refractivity contribution in [1.29, 1.82) is 0 Å². The Kier molecular flexibility index (Phi) is 5.15. The fourth-order valence-electron chi connectivity index (χ4n) is 4.59. The second-order valence-corrected chi connectivity index (χ2v) is 8.95. The molecule has 1 saturated heterocycles. The van der Waals surface area contributed by atoms with Gasteiger partial charge in [-0.2, -0.15) is 5.10 Å². The zero-order chi connectivity index (χ0) is 20.7. The van der Waals surface area contributed by atoms with Crippen LogP contribution in [0.1, 0.15) is 65.4 Å². The van der Waals surface area contributed by atoms with Crippen LogP contribution in [0.4, 0.5) is 0 Å². The summed E-state index contributed by atoms with van der Waals surface area (Å²) in [5.41, 5.74) is 2.47. The molecule has 1 fully saturated rings. The molecule has 1 aliphatic heterocycles. The van der Waals surface area contributed by atoms with Crippen molar-refractivity contribution in [3.63, 3.8) is 0 Å². The minimum Gasteiger partial charge on any atom is -0.454 e. The van der Waals surface area contributed by atoms with Crippen molar-refractivity contribution in [3.05, 3.63) is 58.1 Å². The highest BCUT2D eigenvalue weighted by Gasteiger charge is 2.32. The highest BCUT2D eigenvalue weighted by molar-refractivity contribution is 6.30. The minimum absolute atomic E-state index is 0.0635. The topological polar surface area (TPSA) is 77.3 Å². The summed E-state index contributed by atoms with van der Waals surface area (Å²) in [5.74, 6) is 3.06. The number of hydrogen-bond donors (Lipinski definition) is 0. The second-order valence-electron chi connectivity index (χ2n) is 8.51. The van der Waals surface area contributed by atoms with Gasteiger partial charge in [0.05, 0.1) is 23.5 Å². The van der Waals surface area contributed by atoms with Crippen LogP contribution in [0.15, 0.2) is 33.5 Å². The molecule has 30 heavy (non-hydrogen) atoms. The Balaban J connectivity index is 1.21. The molecule has 158 valence electrons. The number of nitrogens with zero attached hydrogens (tertiary/aromatic N) is 4. The van der Waals surface area contributed by atoms with Crippen molar-refractivity contribution < 1.29 is 13.7 Å². The van der Waals surface area contributed by atoms with Gasteiger partial charge in [-0.25, -0.2) is 0 Å². The fraction of sp³-hybridized carbons (Fsp3) is 0.500. The van der Waals surface area contributed by atoms with E-state index in [1.807, 2.05) is 11.0 Å². The molecule has 5 rings (SSSR count). The summed E-state index contributed by atoms with van der Waals surface area (Å²) in [4.78, 5) is 14.8. The van der Waals surface area contributed by atoms with Crippen LogP contribution < -0.4 is 0 Å². The maximum atomic E-state index is 12.9. The van der Waals surface area contributed by atoms with Gasteiger partial charge < -0.3 is 13.8 Å². The molecule has 0 radical (unpaired) electrons. The molecule has 0 aromatic carbocycles. The fourth-order valence-corrected chi connectivity index (χ4v) is 4.75. The van der Waals surface area contributed by atoms with Crippen LogP contribution in [0.2, 0.25) is 5.02 Å². The quantitative estimate of drug-likeness (QED) is 0.618. The number of hydrogen-bond acceptors (Lipinski definition) is 5. The maximum absolute atomic E-state index is 12.9. The third-order valence-corrected chi connectivity index (χ3v) is 6.47. The molecule has 0 unspecified atom stereocenters. The number of aryl methyl sites for hydroxylation is 1. The summed E-state index contributed by atoms with van der Waals surface area (Å²) in [5, 5.41) is 9.03. The molecule has 7 nitrogen and oxygen atoms in total. The molecule has 1 aliphatic carbocycles. The standard InChI is InChI=1S/C22H25ClN4O3/c1-14-2-4-19-18(10-14)21(30-25-19)15-6-8-26(9-7-15)22(28)20-5-3-17(29-20)13-27-12-16(23)11-24-27/h3,5,11-12,14-15H,2,4,6-10,13H2,1H3/t14-/m1/s1. The Morgan fingerprint density at radius 1 is 1.27 bits per heavy atom. The van der Waals surface area contributed by atoms with Crippen LogP contribution in [0.3, 0.4) is 0 Å². The minimum atomic E-state index is -0.0635. The zero-order valence-electron chi connectivity index (χ0n) is 17.0. The van der Waals surface area contributed by atoms with E-state index in [4.69, 9.17) is 20.5 Å². The number of likely N-dealkylation sites (tertiary alicyclic amines) is 1. The average Bonchev–Trinajstić information content (AvgIpc) is 3.48. The normalized spacial score (nSPS) is 19.8. The van der Waals surface area contributed by atoms with Gasteiger partial charge in [-0.1, -0.05) is 23.7 Å². The molecule has 0 saturated carbocycles. The van der Waals surface area contributed by atoms with Gasteiger partial charge in [0.1, 0.15) is 11.5 Å². The van der Waals surface area contributed by atoms with E-state index in [0.29, 0.717) is 48.0 Å². The lowest BCUT2D eigenvalue weighted by molar-refractivity contribution is 0.0671. The first-order valence-electron chi connectivity index (χ1n) is 10.6. The monoisotopic (exact) mass is 428 g/mol. The van der Waals surface area contributed by atoms with E-state index in [-0.39, 0.29) is 5.91 Å². The molecule has 4 heterocycles. The number of aromatic nitrogens is 3. The van der Waals surface area contributed by atoms with Crippen LogP contribution in [-0.4, -0.2) is 38.8 Å². The first-order valence-corrected chi connectivity index (χ1v) is 11.0. The summed E-state index contributed by atoms with van der Waals surface area (Å²) in [6, 6.07) is 3.56. The molecule has 8 heteroatoms. The van der Waals surface area contributed by atoms with Gasteiger partial charge in [-0.3, -0.25) is 9.48 Å². The number of carbonyl (C=O) groups is 1. The van der Waals surface area contributed by atoms with E-state index in [2.05, 4.69) is 17.2 Å². The first kappa shape index (κ1) is 19.4. The molecule has 1 amide bonds. The summed E-state index contributed by atoms with van der Waals surface area (Å²) in [7, 11) is 0. The molecular weight excluding hydrogens is 404 g/mol. The molecule has 3 aromatic rings.